The van der Waals surface area contributed by atoms with Gasteiger partial charge >= 0.3 is 0 Å². The van der Waals surface area contributed by atoms with Crippen LogP contribution >= 0.6 is 11.3 Å². The van der Waals surface area contributed by atoms with Crippen LogP contribution in [0.4, 0.5) is 0 Å². The molecule has 0 radical (unpaired) electrons. The summed E-state index contributed by atoms with van der Waals surface area (Å²) in [6, 6.07) is 7.58. The first-order valence-corrected chi connectivity index (χ1v) is 10.6. The van der Waals surface area contributed by atoms with Crippen LogP contribution in [0.25, 0.3) is 0 Å². The molecular formula is C17H25N5O2S2. The lowest BCUT2D eigenvalue weighted by Gasteiger charge is -2.17. The molecule has 2 aromatic rings. The van der Waals surface area contributed by atoms with E-state index >= 15 is 0 Å². The number of guanidine groups is 1. The number of nitrogens with one attached hydrogen (secondary N) is 3. The van der Waals surface area contributed by atoms with Crippen LogP contribution in [0.3, 0.4) is 0 Å². The summed E-state index contributed by atoms with van der Waals surface area (Å²) in [6.07, 6.45) is 3.77. The van der Waals surface area contributed by atoms with Gasteiger partial charge in [-0.2, -0.15) is 0 Å². The maximum Gasteiger partial charge on any atom is 0.242 e. The first-order valence-electron chi connectivity index (χ1n) is 8.33. The molecule has 0 saturated carbocycles. The van der Waals surface area contributed by atoms with Crippen molar-refractivity contribution in [2.45, 2.75) is 31.2 Å². The SMILES string of the molecule is CN=C(NCCNS(=O)(=O)c1cccnc1)NC(C)Cc1ccc(C)s1. The van der Waals surface area contributed by atoms with E-state index in [-0.39, 0.29) is 17.5 Å². The number of sulfonamides is 1. The van der Waals surface area contributed by atoms with E-state index in [4.69, 9.17) is 0 Å². The lowest BCUT2D eigenvalue weighted by molar-refractivity contribution is 0.579. The highest BCUT2D eigenvalue weighted by Crippen LogP contribution is 2.16. The van der Waals surface area contributed by atoms with Crippen LogP contribution in [-0.4, -0.2) is 45.5 Å². The van der Waals surface area contributed by atoms with Gasteiger partial charge in [0.05, 0.1) is 0 Å². The quantitative estimate of drug-likeness (QED) is 0.358. The smallest absolute Gasteiger partial charge is 0.242 e. The zero-order valence-electron chi connectivity index (χ0n) is 15.2. The molecule has 9 heteroatoms. The molecule has 0 aromatic carbocycles. The van der Waals surface area contributed by atoms with Gasteiger partial charge in [-0.15, -0.1) is 11.3 Å². The normalized spacial score (nSPS) is 13.4. The van der Waals surface area contributed by atoms with Gasteiger partial charge in [-0.05, 0) is 38.1 Å². The Morgan fingerprint density at radius 2 is 2.12 bits per heavy atom. The van der Waals surface area contributed by atoms with Crippen molar-refractivity contribution in [2.75, 3.05) is 20.1 Å². The molecule has 0 saturated heterocycles. The third-order valence-electron chi connectivity index (χ3n) is 3.56. The van der Waals surface area contributed by atoms with Crippen molar-refractivity contribution in [3.8, 4) is 0 Å². The summed E-state index contributed by atoms with van der Waals surface area (Å²) in [5, 5.41) is 6.43. The fourth-order valence-electron chi connectivity index (χ4n) is 2.33. The highest BCUT2D eigenvalue weighted by atomic mass is 32.2. The largest absolute Gasteiger partial charge is 0.355 e. The fraction of sp³-hybridized carbons (Fsp3) is 0.412. The molecule has 1 atom stereocenters. The maximum absolute atomic E-state index is 12.1. The third-order valence-corrected chi connectivity index (χ3v) is 6.03. The lowest BCUT2D eigenvalue weighted by Crippen LogP contribution is -2.45. The minimum Gasteiger partial charge on any atom is -0.355 e. The van der Waals surface area contributed by atoms with Crippen molar-refractivity contribution in [3.05, 3.63) is 46.4 Å². The van der Waals surface area contributed by atoms with E-state index in [1.807, 2.05) is 0 Å². The van der Waals surface area contributed by atoms with Gasteiger partial charge in [0.2, 0.25) is 10.0 Å². The van der Waals surface area contributed by atoms with Crippen LogP contribution in [0.1, 0.15) is 16.7 Å². The Morgan fingerprint density at radius 3 is 2.73 bits per heavy atom. The molecular weight excluding hydrogens is 370 g/mol. The van der Waals surface area contributed by atoms with Crippen molar-refractivity contribution in [1.29, 1.82) is 0 Å². The monoisotopic (exact) mass is 395 g/mol. The fourth-order valence-corrected chi connectivity index (χ4v) is 4.35. The molecule has 0 aliphatic heterocycles. The summed E-state index contributed by atoms with van der Waals surface area (Å²) in [5.74, 6) is 0.645. The van der Waals surface area contributed by atoms with Gasteiger partial charge in [0.15, 0.2) is 5.96 Å². The van der Waals surface area contributed by atoms with Crippen molar-refractivity contribution in [3.63, 3.8) is 0 Å². The van der Waals surface area contributed by atoms with E-state index in [0.717, 1.165) is 6.42 Å². The molecule has 0 amide bonds. The van der Waals surface area contributed by atoms with E-state index < -0.39 is 10.0 Å². The highest BCUT2D eigenvalue weighted by Gasteiger charge is 2.13. The zero-order chi connectivity index (χ0) is 19.0. The van der Waals surface area contributed by atoms with E-state index in [0.29, 0.717) is 12.5 Å². The second kappa shape index (κ2) is 9.65. The first-order chi connectivity index (χ1) is 12.4. The molecule has 142 valence electrons. The first kappa shape index (κ1) is 20.3. The molecule has 0 spiro atoms. The molecule has 7 nitrogen and oxygen atoms in total. The van der Waals surface area contributed by atoms with Crippen molar-refractivity contribution in [2.24, 2.45) is 4.99 Å². The minimum atomic E-state index is -3.54. The van der Waals surface area contributed by atoms with E-state index in [2.05, 4.69) is 51.3 Å². The van der Waals surface area contributed by atoms with Gasteiger partial charge in [-0.1, -0.05) is 0 Å². The van der Waals surface area contributed by atoms with Crippen LogP contribution in [0, 0.1) is 6.92 Å². The number of aryl methyl sites for hydroxylation is 1. The average Bonchev–Trinajstić information content (AvgIpc) is 3.03. The second-order valence-corrected chi connectivity index (χ2v) is 8.99. The van der Waals surface area contributed by atoms with Crippen LogP contribution in [0.15, 0.2) is 46.5 Å². The van der Waals surface area contributed by atoms with Gasteiger partial charge in [-0.25, -0.2) is 13.1 Å². The molecule has 3 N–H and O–H groups in total. The Hall–Kier alpha value is -1.97. The number of aliphatic imine (C=N–C) groups is 1. The number of pyridine rings is 1. The topological polar surface area (TPSA) is 95.5 Å². The Labute approximate surface area is 159 Å². The maximum atomic E-state index is 12.1. The molecule has 0 aliphatic carbocycles. The number of hydrogen-bond donors (Lipinski definition) is 3. The summed E-state index contributed by atoms with van der Waals surface area (Å²) >= 11 is 1.79. The van der Waals surface area contributed by atoms with Gasteiger partial charge in [0.25, 0.3) is 0 Å². The second-order valence-electron chi connectivity index (χ2n) is 5.85. The summed E-state index contributed by atoms with van der Waals surface area (Å²) in [4.78, 5) is 10.8. The van der Waals surface area contributed by atoms with Gasteiger partial charge in [-0.3, -0.25) is 9.98 Å². The number of aromatic nitrogens is 1. The van der Waals surface area contributed by atoms with Crippen molar-refractivity contribution in [1.82, 2.24) is 20.3 Å². The van der Waals surface area contributed by atoms with Crippen molar-refractivity contribution >= 4 is 27.3 Å². The summed E-state index contributed by atoms with van der Waals surface area (Å²) in [7, 11) is -1.85. The minimum absolute atomic E-state index is 0.155. The molecule has 0 fully saturated rings. The van der Waals surface area contributed by atoms with E-state index in [1.165, 1.54) is 28.2 Å². The summed E-state index contributed by atoms with van der Waals surface area (Å²) in [5.41, 5.74) is 0. The predicted molar refractivity (Wildman–Crippen MR) is 106 cm³/mol. The standard InChI is InChI=1S/C17H25N5O2S2/c1-13(11-15-7-6-14(2)25-15)22-17(18-3)20-9-10-21-26(23,24)16-5-4-8-19-12-16/h4-8,12-13,21H,9-11H2,1-3H3,(H2,18,20,22). The average molecular weight is 396 g/mol. The molecule has 0 bridgehead atoms. The van der Waals surface area contributed by atoms with Crippen LogP contribution in [0.5, 0.6) is 0 Å². The van der Waals surface area contributed by atoms with Gasteiger partial charge in [0.1, 0.15) is 4.90 Å². The Morgan fingerprint density at radius 1 is 1.31 bits per heavy atom. The molecule has 2 heterocycles. The van der Waals surface area contributed by atoms with E-state index in [1.54, 1.807) is 24.5 Å². The number of rotatable bonds is 8. The third kappa shape index (κ3) is 6.40. The predicted octanol–water partition coefficient (Wildman–Crippen LogP) is 1.53. The van der Waals surface area contributed by atoms with Crippen molar-refractivity contribution < 1.29 is 8.42 Å². The number of thiophene rings is 1. The number of hydrogen-bond acceptors (Lipinski definition) is 5. The van der Waals surface area contributed by atoms with Crippen LogP contribution in [-0.2, 0) is 16.4 Å². The van der Waals surface area contributed by atoms with Gasteiger partial charge < -0.3 is 10.6 Å². The van der Waals surface area contributed by atoms with Crippen LogP contribution < -0.4 is 15.4 Å². The van der Waals surface area contributed by atoms with Gasteiger partial charge in [0, 0.05) is 54.7 Å². The molecule has 2 aromatic heterocycles. The molecule has 1 unspecified atom stereocenters. The molecule has 2 rings (SSSR count). The zero-order valence-corrected chi connectivity index (χ0v) is 16.8. The Balaban J connectivity index is 1.75. The summed E-state index contributed by atoms with van der Waals surface area (Å²) < 4.78 is 26.8. The van der Waals surface area contributed by atoms with E-state index in [9.17, 15) is 8.42 Å². The molecule has 0 aliphatic rings. The lowest BCUT2D eigenvalue weighted by atomic mass is 10.2. The number of nitrogens with zero attached hydrogens (tertiary/aromatic N) is 2. The summed E-state index contributed by atoms with van der Waals surface area (Å²) in [6.45, 7) is 4.85. The molecule has 26 heavy (non-hydrogen) atoms. The highest BCUT2D eigenvalue weighted by molar-refractivity contribution is 7.89. The Bertz CT molecular complexity index is 819. The van der Waals surface area contributed by atoms with Crippen LogP contribution in [0.2, 0.25) is 0 Å². The Kier molecular flexibility index (Phi) is 7.55.